The Kier molecular flexibility index (Phi) is 6.88. The van der Waals surface area contributed by atoms with Crippen molar-refractivity contribution in [1.82, 2.24) is 29.4 Å². The summed E-state index contributed by atoms with van der Waals surface area (Å²) in [7, 11) is 0. The van der Waals surface area contributed by atoms with E-state index in [4.69, 9.17) is 20.2 Å². The maximum Gasteiger partial charge on any atom is 0.417 e. The predicted octanol–water partition coefficient (Wildman–Crippen LogP) is 2.83. The molecular weight excluding hydrogens is 525 g/mol. The van der Waals surface area contributed by atoms with Crippen molar-refractivity contribution in [2.45, 2.75) is 45.1 Å². The van der Waals surface area contributed by atoms with Gasteiger partial charge < -0.3 is 20.1 Å². The maximum atomic E-state index is 14.0. The fraction of sp³-hybridized carbons (Fsp3) is 0.593. The number of alkyl halides is 3. The van der Waals surface area contributed by atoms with Gasteiger partial charge in [-0.25, -0.2) is 14.5 Å². The van der Waals surface area contributed by atoms with Gasteiger partial charge in [0.25, 0.3) is 0 Å². The molecule has 3 aliphatic heterocycles. The van der Waals surface area contributed by atoms with Gasteiger partial charge in [-0.15, -0.1) is 5.10 Å². The first kappa shape index (κ1) is 27.2. The number of hydrogen-bond acceptors (Lipinski definition) is 9. The molecular formula is C27H35F3N8O2. The molecule has 0 unspecified atom stereocenters. The summed E-state index contributed by atoms with van der Waals surface area (Å²) >= 11 is 0. The quantitative estimate of drug-likeness (QED) is 0.505. The Morgan fingerprint density at radius 1 is 1.07 bits per heavy atom. The topological polar surface area (TPSA) is 97.3 Å². The summed E-state index contributed by atoms with van der Waals surface area (Å²) in [6, 6.07) is 3.41. The average molecular weight is 561 g/mol. The Balaban J connectivity index is 1.40. The molecule has 0 bridgehead atoms. The van der Waals surface area contributed by atoms with Crippen LogP contribution in [0.3, 0.4) is 0 Å². The van der Waals surface area contributed by atoms with Crippen molar-refractivity contribution in [3.8, 4) is 11.4 Å². The summed E-state index contributed by atoms with van der Waals surface area (Å²) < 4.78 is 54.7. The Morgan fingerprint density at radius 3 is 2.48 bits per heavy atom. The second-order valence-electron chi connectivity index (χ2n) is 11.5. The highest BCUT2D eigenvalue weighted by Crippen LogP contribution is 2.38. The summed E-state index contributed by atoms with van der Waals surface area (Å²) in [5.41, 5.74) is 7.15. The molecule has 0 aromatic carbocycles. The van der Waals surface area contributed by atoms with E-state index in [-0.39, 0.29) is 22.7 Å². The zero-order valence-electron chi connectivity index (χ0n) is 23.0. The van der Waals surface area contributed by atoms with Crippen molar-refractivity contribution in [3.05, 3.63) is 35.2 Å². The normalized spacial score (nSPS) is 21.2. The lowest BCUT2D eigenvalue weighted by molar-refractivity contribution is -0.137. The molecule has 3 aromatic rings. The van der Waals surface area contributed by atoms with Crippen LogP contribution in [-0.2, 0) is 22.2 Å². The Hall–Kier alpha value is -3.00. The number of ether oxygens (including phenoxy) is 2. The molecule has 0 atom stereocenters. The third-order valence-electron chi connectivity index (χ3n) is 8.34. The van der Waals surface area contributed by atoms with Crippen molar-refractivity contribution in [3.63, 3.8) is 0 Å². The van der Waals surface area contributed by atoms with Crippen molar-refractivity contribution >= 4 is 17.2 Å². The molecule has 3 aromatic heterocycles. The molecule has 0 saturated carbocycles. The van der Waals surface area contributed by atoms with Gasteiger partial charge in [-0.2, -0.15) is 13.2 Å². The van der Waals surface area contributed by atoms with E-state index in [9.17, 15) is 13.2 Å². The van der Waals surface area contributed by atoms with Gasteiger partial charge in [0.1, 0.15) is 11.3 Å². The Morgan fingerprint density at radius 2 is 1.82 bits per heavy atom. The van der Waals surface area contributed by atoms with Gasteiger partial charge in [0.15, 0.2) is 11.6 Å². The van der Waals surface area contributed by atoms with Crippen LogP contribution in [0.2, 0.25) is 0 Å². The number of hydrogen-bond donors (Lipinski definition) is 1. The Bertz CT molecular complexity index is 1400. The van der Waals surface area contributed by atoms with Gasteiger partial charge in [0.2, 0.25) is 0 Å². The molecule has 40 heavy (non-hydrogen) atoms. The van der Waals surface area contributed by atoms with Crippen LogP contribution >= 0.6 is 0 Å². The number of rotatable bonds is 5. The summed E-state index contributed by atoms with van der Waals surface area (Å²) in [6.45, 7) is 13.8. The van der Waals surface area contributed by atoms with Crippen LogP contribution in [0, 0.1) is 6.92 Å². The molecule has 216 valence electrons. The van der Waals surface area contributed by atoms with Crippen molar-refractivity contribution in [2.75, 3.05) is 69.8 Å². The smallest absolute Gasteiger partial charge is 0.384 e. The average Bonchev–Trinajstić information content (AvgIpc) is 3.19. The number of piperazine rings is 1. The highest BCUT2D eigenvalue weighted by atomic mass is 19.4. The summed E-state index contributed by atoms with van der Waals surface area (Å²) in [5.74, 6) is 0.329. The van der Waals surface area contributed by atoms with E-state index >= 15 is 0 Å². The number of morpholine rings is 1. The molecule has 6 rings (SSSR count). The van der Waals surface area contributed by atoms with Gasteiger partial charge in [0, 0.05) is 56.7 Å². The van der Waals surface area contributed by atoms with Gasteiger partial charge in [-0.05, 0) is 38.5 Å². The largest absolute Gasteiger partial charge is 0.417 e. The van der Waals surface area contributed by atoms with Gasteiger partial charge in [-0.3, -0.25) is 9.80 Å². The van der Waals surface area contributed by atoms with Crippen LogP contribution in [0.4, 0.5) is 24.8 Å². The molecule has 3 fully saturated rings. The summed E-state index contributed by atoms with van der Waals surface area (Å²) in [5, 5.41) is 4.63. The maximum absolute atomic E-state index is 14.0. The van der Waals surface area contributed by atoms with Gasteiger partial charge in [0.05, 0.1) is 43.6 Å². The molecule has 0 aliphatic carbocycles. The minimum absolute atomic E-state index is 0.0456. The fourth-order valence-electron chi connectivity index (χ4n) is 5.85. The first-order valence-corrected chi connectivity index (χ1v) is 13.6. The third kappa shape index (κ3) is 5.00. The number of fused-ring (bicyclic) bond motifs is 1. The number of halogens is 3. The van der Waals surface area contributed by atoms with Crippen LogP contribution in [0.15, 0.2) is 18.3 Å². The lowest BCUT2D eigenvalue weighted by Gasteiger charge is -2.51. The second-order valence-corrected chi connectivity index (χ2v) is 11.5. The molecule has 0 radical (unpaired) electrons. The highest BCUT2D eigenvalue weighted by Gasteiger charge is 2.39. The zero-order chi connectivity index (χ0) is 28.2. The predicted molar refractivity (Wildman–Crippen MR) is 144 cm³/mol. The standard InChI is InChI=1S/C27H35F3N8O2/c1-17-18(13-37-5-4-36(16-26(37,2)3)19-14-40-15-19)10-22-25(35-6-8-39-9-7-35)33-24(34-38(17)22)20-12-32-23(31)11-21(20)27(28,29)30/h10-12,19H,4-9,13-16H2,1-3H3,(H2,31,32). The molecule has 3 saturated heterocycles. The van der Waals surface area contributed by atoms with E-state index in [0.29, 0.717) is 44.7 Å². The summed E-state index contributed by atoms with van der Waals surface area (Å²) in [4.78, 5) is 15.7. The number of aryl methyl sites for hydroxylation is 1. The first-order valence-electron chi connectivity index (χ1n) is 13.6. The van der Waals surface area contributed by atoms with E-state index in [0.717, 1.165) is 61.9 Å². The van der Waals surface area contributed by atoms with Crippen molar-refractivity contribution in [1.29, 1.82) is 0 Å². The Labute approximate surface area is 230 Å². The van der Waals surface area contributed by atoms with Crippen molar-refractivity contribution in [2.24, 2.45) is 0 Å². The monoisotopic (exact) mass is 560 g/mol. The molecule has 3 aliphatic rings. The van der Waals surface area contributed by atoms with E-state index < -0.39 is 11.7 Å². The van der Waals surface area contributed by atoms with Crippen LogP contribution in [0.1, 0.15) is 30.7 Å². The zero-order valence-corrected chi connectivity index (χ0v) is 23.0. The van der Waals surface area contributed by atoms with Crippen LogP contribution in [0.5, 0.6) is 0 Å². The minimum atomic E-state index is -4.64. The van der Waals surface area contributed by atoms with Crippen LogP contribution < -0.4 is 10.6 Å². The lowest BCUT2D eigenvalue weighted by atomic mass is 9.96. The SMILES string of the molecule is Cc1c(CN2CCN(C3COC3)CC2(C)C)cc2c(N3CCOCC3)nc(-c3cnc(N)cc3C(F)(F)F)nn12. The van der Waals surface area contributed by atoms with Gasteiger partial charge in [-0.1, -0.05) is 0 Å². The van der Waals surface area contributed by atoms with Gasteiger partial charge >= 0.3 is 6.18 Å². The van der Waals surface area contributed by atoms with E-state index in [2.05, 4.69) is 44.7 Å². The molecule has 10 nitrogen and oxygen atoms in total. The highest BCUT2D eigenvalue weighted by molar-refractivity contribution is 5.74. The van der Waals surface area contributed by atoms with E-state index in [1.54, 1.807) is 4.52 Å². The number of anilines is 2. The summed E-state index contributed by atoms with van der Waals surface area (Å²) in [6.07, 6.45) is -3.53. The lowest BCUT2D eigenvalue weighted by Crippen LogP contribution is -2.63. The number of nitrogens with two attached hydrogens (primary N) is 1. The van der Waals surface area contributed by atoms with Crippen molar-refractivity contribution < 1.29 is 22.6 Å². The molecule has 0 spiro atoms. The number of aromatic nitrogens is 4. The van der Waals surface area contributed by atoms with E-state index in [1.807, 2.05) is 6.92 Å². The number of pyridine rings is 1. The molecule has 13 heteroatoms. The first-order chi connectivity index (χ1) is 19.0. The molecule has 2 N–H and O–H groups in total. The van der Waals surface area contributed by atoms with Crippen LogP contribution in [0.25, 0.3) is 16.9 Å². The second kappa shape index (κ2) is 10.1. The van der Waals surface area contributed by atoms with E-state index in [1.165, 1.54) is 0 Å². The number of nitrogen functional groups attached to an aromatic ring is 1. The van der Waals surface area contributed by atoms with Crippen LogP contribution in [-0.4, -0.2) is 100 Å². The molecule has 6 heterocycles. The minimum Gasteiger partial charge on any atom is -0.384 e. The molecule has 0 amide bonds. The third-order valence-corrected chi connectivity index (χ3v) is 8.34. The fourth-order valence-corrected chi connectivity index (χ4v) is 5.85. The number of nitrogens with zero attached hydrogens (tertiary/aromatic N) is 7.